The third-order valence-electron chi connectivity index (χ3n) is 6.02. The van der Waals surface area contributed by atoms with E-state index in [1.165, 1.54) is 17.0 Å². The predicted octanol–water partition coefficient (Wildman–Crippen LogP) is 5.63. The Hall–Kier alpha value is -2.88. The lowest BCUT2D eigenvalue weighted by molar-refractivity contribution is -0.139. The summed E-state index contributed by atoms with van der Waals surface area (Å²) in [6, 6.07) is 20.8. The van der Waals surface area contributed by atoms with Crippen LogP contribution < -0.4 is 9.62 Å². The Balaban J connectivity index is 1.99. The molecule has 3 rings (SSSR count). The van der Waals surface area contributed by atoms with Gasteiger partial charge in [0.1, 0.15) is 12.6 Å². The maximum Gasteiger partial charge on any atom is 0.264 e. The maximum absolute atomic E-state index is 13.9. The molecule has 0 radical (unpaired) electrons. The Labute approximate surface area is 238 Å². The van der Waals surface area contributed by atoms with Gasteiger partial charge in [0.15, 0.2) is 0 Å². The number of carbonyl (C=O) groups is 2. The second-order valence-electron chi connectivity index (χ2n) is 8.73. The number of sulfonamides is 1. The molecule has 0 saturated carbocycles. The summed E-state index contributed by atoms with van der Waals surface area (Å²) >= 11 is 9.75. The van der Waals surface area contributed by atoms with Crippen molar-refractivity contribution in [2.75, 3.05) is 17.4 Å². The highest BCUT2D eigenvalue weighted by molar-refractivity contribution is 9.10. The third kappa shape index (κ3) is 7.58. The minimum atomic E-state index is -4.10. The number of halogens is 2. The van der Waals surface area contributed by atoms with Crippen LogP contribution in [0.1, 0.15) is 32.3 Å². The molecule has 1 N–H and O–H groups in total. The summed E-state index contributed by atoms with van der Waals surface area (Å²) in [5.74, 6) is -0.856. The molecule has 3 aromatic carbocycles. The molecule has 38 heavy (non-hydrogen) atoms. The Morgan fingerprint density at radius 3 is 2.24 bits per heavy atom. The molecule has 0 aliphatic carbocycles. The normalized spacial score (nSPS) is 12.0. The highest BCUT2D eigenvalue weighted by Crippen LogP contribution is 2.26. The molecule has 0 spiro atoms. The number of carbonyl (C=O) groups excluding carboxylic acids is 2. The van der Waals surface area contributed by atoms with Gasteiger partial charge in [0.2, 0.25) is 11.8 Å². The molecule has 0 heterocycles. The van der Waals surface area contributed by atoms with E-state index in [0.717, 1.165) is 21.6 Å². The number of rotatable bonds is 12. The van der Waals surface area contributed by atoms with Gasteiger partial charge in [-0.25, -0.2) is 8.42 Å². The number of nitrogens with zero attached hydrogens (tertiary/aromatic N) is 2. The fourth-order valence-corrected chi connectivity index (χ4v) is 5.68. The van der Waals surface area contributed by atoms with Crippen molar-refractivity contribution in [1.82, 2.24) is 10.2 Å². The number of benzene rings is 3. The average molecular weight is 621 g/mol. The van der Waals surface area contributed by atoms with Crippen molar-refractivity contribution in [2.24, 2.45) is 0 Å². The molecule has 3 aromatic rings. The van der Waals surface area contributed by atoms with Gasteiger partial charge in [-0.15, -0.1) is 0 Å². The van der Waals surface area contributed by atoms with Crippen LogP contribution in [0.5, 0.6) is 0 Å². The van der Waals surface area contributed by atoms with Crippen LogP contribution in [0.3, 0.4) is 0 Å². The molecule has 2 amide bonds. The van der Waals surface area contributed by atoms with Crippen molar-refractivity contribution >= 4 is 55.1 Å². The molecule has 202 valence electrons. The zero-order valence-electron chi connectivity index (χ0n) is 21.3. The van der Waals surface area contributed by atoms with Gasteiger partial charge in [0, 0.05) is 22.6 Å². The van der Waals surface area contributed by atoms with Crippen LogP contribution in [0.4, 0.5) is 5.69 Å². The molecule has 1 atom stereocenters. The van der Waals surface area contributed by atoms with Crippen molar-refractivity contribution in [1.29, 1.82) is 0 Å². The monoisotopic (exact) mass is 619 g/mol. The second-order valence-corrected chi connectivity index (χ2v) is 11.9. The van der Waals surface area contributed by atoms with Crippen LogP contribution in [-0.4, -0.2) is 44.3 Å². The summed E-state index contributed by atoms with van der Waals surface area (Å²) < 4.78 is 29.3. The zero-order valence-corrected chi connectivity index (χ0v) is 24.5. The highest BCUT2D eigenvalue weighted by Gasteiger charge is 2.32. The van der Waals surface area contributed by atoms with Crippen molar-refractivity contribution in [3.8, 4) is 0 Å². The molecule has 0 unspecified atom stereocenters. The molecular weight excluding hydrogens is 590 g/mol. The van der Waals surface area contributed by atoms with Gasteiger partial charge in [-0.05, 0) is 61.4 Å². The quantitative estimate of drug-likeness (QED) is 0.266. The minimum absolute atomic E-state index is 0.0421. The Kier molecular flexibility index (Phi) is 10.8. The number of amides is 2. The van der Waals surface area contributed by atoms with Gasteiger partial charge in [-0.2, -0.15) is 0 Å². The van der Waals surface area contributed by atoms with Gasteiger partial charge in [-0.1, -0.05) is 77.3 Å². The van der Waals surface area contributed by atoms with E-state index in [2.05, 4.69) is 21.2 Å². The molecule has 0 aliphatic heterocycles. The Morgan fingerprint density at radius 2 is 1.61 bits per heavy atom. The van der Waals surface area contributed by atoms with E-state index in [9.17, 15) is 18.0 Å². The lowest BCUT2D eigenvalue weighted by Gasteiger charge is -2.32. The van der Waals surface area contributed by atoms with E-state index >= 15 is 0 Å². The van der Waals surface area contributed by atoms with Crippen LogP contribution in [0.15, 0.2) is 88.2 Å². The highest BCUT2D eigenvalue weighted by atomic mass is 79.9. The van der Waals surface area contributed by atoms with Gasteiger partial charge in [-0.3, -0.25) is 13.9 Å². The van der Waals surface area contributed by atoms with E-state index in [1.54, 1.807) is 73.7 Å². The molecule has 0 bridgehead atoms. The molecule has 0 fully saturated rings. The third-order valence-corrected chi connectivity index (χ3v) is 8.71. The van der Waals surface area contributed by atoms with Gasteiger partial charge in [0.25, 0.3) is 10.0 Å². The summed E-state index contributed by atoms with van der Waals surface area (Å²) in [6.07, 6.45) is 1.72. The number of hydrogen-bond acceptors (Lipinski definition) is 4. The zero-order chi connectivity index (χ0) is 27.7. The fraction of sp³-hybridized carbons (Fsp3) is 0.286. The van der Waals surface area contributed by atoms with Crippen molar-refractivity contribution in [3.05, 3.63) is 93.9 Å². The molecule has 0 saturated heterocycles. The van der Waals surface area contributed by atoms with Crippen LogP contribution in [0.2, 0.25) is 5.02 Å². The first kappa shape index (κ1) is 29.7. The summed E-state index contributed by atoms with van der Waals surface area (Å²) in [6.45, 7) is 3.68. The number of unbranched alkanes of at least 4 members (excludes halogenated alkanes) is 1. The summed E-state index contributed by atoms with van der Waals surface area (Å²) in [5.41, 5.74) is 0.972. The van der Waals surface area contributed by atoms with Crippen LogP contribution in [0.25, 0.3) is 0 Å². The van der Waals surface area contributed by atoms with Crippen LogP contribution in [0, 0.1) is 0 Å². The largest absolute Gasteiger partial charge is 0.354 e. The van der Waals surface area contributed by atoms with Crippen molar-refractivity contribution in [2.45, 2.75) is 44.2 Å². The Morgan fingerprint density at radius 1 is 0.974 bits per heavy atom. The first-order valence-corrected chi connectivity index (χ1v) is 14.9. The topological polar surface area (TPSA) is 86.8 Å². The first-order valence-electron chi connectivity index (χ1n) is 12.3. The maximum atomic E-state index is 13.9. The van der Waals surface area contributed by atoms with E-state index < -0.39 is 28.5 Å². The molecule has 0 aliphatic rings. The van der Waals surface area contributed by atoms with Crippen LogP contribution in [-0.2, 0) is 26.2 Å². The lowest BCUT2D eigenvalue weighted by atomic mass is 10.1. The van der Waals surface area contributed by atoms with Gasteiger partial charge >= 0.3 is 0 Å². The minimum Gasteiger partial charge on any atom is -0.354 e. The number of nitrogens with one attached hydrogen (secondary N) is 1. The molecule has 10 heteroatoms. The lowest BCUT2D eigenvalue weighted by Crippen LogP contribution is -2.51. The second kappa shape index (κ2) is 13.8. The van der Waals surface area contributed by atoms with Crippen molar-refractivity contribution in [3.63, 3.8) is 0 Å². The summed E-state index contributed by atoms with van der Waals surface area (Å²) in [4.78, 5) is 28.3. The van der Waals surface area contributed by atoms with Gasteiger partial charge < -0.3 is 10.2 Å². The Bertz CT molecular complexity index is 1340. The van der Waals surface area contributed by atoms with E-state index in [-0.39, 0.29) is 17.3 Å². The predicted molar refractivity (Wildman–Crippen MR) is 154 cm³/mol. The number of hydrogen-bond donors (Lipinski definition) is 1. The first-order chi connectivity index (χ1) is 18.1. The standard InChI is InChI=1S/C28H31BrClN3O4S/c1-3-4-18-31-28(35)21(2)32(19-22-10-8-9-13-26(22)30)27(34)20-33(24-16-14-23(29)15-17-24)38(36,37)25-11-6-5-7-12-25/h5-17,21H,3-4,18-20H2,1-2H3,(H,31,35)/t21-/m0/s1. The summed E-state index contributed by atoms with van der Waals surface area (Å²) in [5, 5.41) is 3.31. The van der Waals surface area contributed by atoms with E-state index in [4.69, 9.17) is 11.6 Å². The van der Waals surface area contributed by atoms with E-state index in [1.807, 2.05) is 6.92 Å². The molecule has 0 aromatic heterocycles. The number of anilines is 1. The fourth-order valence-electron chi connectivity index (χ4n) is 3.78. The molecular formula is C28H31BrClN3O4S. The van der Waals surface area contributed by atoms with Gasteiger partial charge in [0.05, 0.1) is 10.6 Å². The van der Waals surface area contributed by atoms with Crippen molar-refractivity contribution < 1.29 is 18.0 Å². The summed E-state index contributed by atoms with van der Waals surface area (Å²) in [7, 11) is -4.10. The molecule has 7 nitrogen and oxygen atoms in total. The average Bonchev–Trinajstić information content (AvgIpc) is 2.92. The van der Waals surface area contributed by atoms with E-state index in [0.29, 0.717) is 22.8 Å². The smallest absolute Gasteiger partial charge is 0.264 e. The van der Waals surface area contributed by atoms with Crippen LogP contribution >= 0.6 is 27.5 Å². The SMILES string of the molecule is CCCCNC(=O)[C@H](C)N(Cc1ccccc1Cl)C(=O)CN(c1ccc(Br)cc1)S(=O)(=O)c1ccccc1.